The van der Waals surface area contributed by atoms with Gasteiger partial charge in [0.15, 0.2) is 15.7 Å². The van der Waals surface area contributed by atoms with E-state index in [9.17, 15) is 13.5 Å². The van der Waals surface area contributed by atoms with Gasteiger partial charge in [-0.25, -0.2) is 8.42 Å². The van der Waals surface area contributed by atoms with Crippen LogP contribution >= 0.6 is 0 Å². The molecule has 1 unspecified atom stereocenters. The maximum absolute atomic E-state index is 11.4. The molecular weight excluding hydrogens is 276 g/mol. The largest absolute Gasteiger partial charge is 0.494 e. The molecule has 1 aromatic heterocycles. The van der Waals surface area contributed by atoms with Crippen molar-refractivity contribution < 1.29 is 13.5 Å². The van der Waals surface area contributed by atoms with Crippen molar-refractivity contribution in [2.75, 3.05) is 11.5 Å². The minimum absolute atomic E-state index is 0.0650. The van der Waals surface area contributed by atoms with Crippen LogP contribution in [0, 0.1) is 6.92 Å². The zero-order chi connectivity index (χ0) is 14.3. The number of nitrogens with zero attached hydrogens (tertiary/aromatic N) is 1. The van der Waals surface area contributed by atoms with Gasteiger partial charge in [-0.1, -0.05) is 11.6 Å². The monoisotopic (exact) mass is 292 g/mol. The molecule has 0 radical (unpaired) electrons. The molecule has 6 heteroatoms. The summed E-state index contributed by atoms with van der Waals surface area (Å²) in [6.07, 6.45) is 2.14. The van der Waals surface area contributed by atoms with E-state index in [0.717, 1.165) is 16.5 Å². The fraction of sp³-hybridized carbons (Fsp3) is 0.357. The van der Waals surface area contributed by atoms with E-state index in [2.05, 4.69) is 9.98 Å². The number of fused-ring (bicyclic) bond motifs is 1. The molecule has 2 aromatic rings. The summed E-state index contributed by atoms with van der Waals surface area (Å²) in [5.74, 6) is 0.370. The predicted molar refractivity (Wildman–Crippen MR) is 79.4 cm³/mol. The minimum atomic E-state index is -2.93. The van der Waals surface area contributed by atoms with Crippen LogP contribution in [0.2, 0.25) is 0 Å². The highest BCUT2D eigenvalue weighted by Gasteiger charge is 2.27. The maximum atomic E-state index is 11.4. The number of aliphatic imine (C=N–C) groups is 1. The average Bonchev–Trinajstić information content (AvgIpc) is 2.86. The van der Waals surface area contributed by atoms with Crippen LogP contribution in [0.15, 0.2) is 23.2 Å². The number of hydrogen-bond donors (Lipinski definition) is 2. The minimum Gasteiger partial charge on any atom is -0.494 e. The molecular formula is C14H16N2O3S. The molecule has 1 atom stereocenters. The fourth-order valence-corrected chi connectivity index (χ4v) is 4.15. The summed E-state index contributed by atoms with van der Waals surface area (Å²) in [5.41, 5.74) is 2.55. The van der Waals surface area contributed by atoms with E-state index in [1.165, 1.54) is 0 Å². The van der Waals surface area contributed by atoms with Crippen molar-refractivity contribution in [2.45, 2.75) is 19.4 Å². The normalized spacial score (nSPS) is 21.9. The molecule has 0 amide bonds. The molecule has 1 aliphatic heterocycles. The molecule has 0 aliphatic carbocycles. The molecule has 1 fully saturated rings. The third kappa shape index (κ3) is 2.43. The molecule has 2 heterocycles. The van der Waals surface area contributed by atoms with Crippen molar-refractivity contribution in [2.24, 2.45) is 4.99 Å². The third-order valence-corrected chi connectivity index (χ3v) is 5.35. The number of rotatable bonds is 2. The highest BCUT2D eigenvalue weighted by Crippen LogP contribution is 2.27. The molecule has 106 valence electrons. The van der Waals surface area contributed by atoms with Gasteiger partial charge in [0.25, 0.3) is 0 Å². The zero-order valence-corrected chi connectivity index (χ0v) is 11.9. The van der Waals surface area contributed by atoms with E-state index >= 15 is 0 Å². The van der Waals surface area contributed by atoms with Crippen molar-refractivity contribution in [1.29, 1.82) is 0 Å². The van der Waals surface area contributed by atoms with Crippen molar-refractivity contribution in [3.63, 3.8) is 0 Å². The molecule has 0 saturated carbocycles. The lowest BCUT2D eigenvalue weighted by molar-refractivity contribution is 0.457. The van der Waals surface area contributed by atoms with E-state index in [1.807, 2.05) is 25.1 Å². The van der Waals surface area contributed by atoms with Crippen LogP contribution in [-0.2, 0) is 9.84 Å². The summed E-state index contributed by atoms with van der Waals surface area (Å²) < 4.78 is 22.8. The molecule has 2 N–H and O–H groups in total. The second kappa shape index (κ2) is 4.63. The van der Waals surface area contributed by atoms with E-state index in [1.54, 1.807) is 6.21 Å². The molecule has 20 heavy (non-hydrogen) atoms. The Hall–Kier alpha value is -1.82. The zero-order valence-electron chi connectivity index (χ0n) is 11.1. The predicted octanol–water partition coefficient (Wildman–Crippen LogP) is 1.79. The van der Waals surface area contributed by atoms with E-state index in [4.69, 9.17) is 0 Å². The van der Waals surface area contributed by atoms with E-state index in [-0.39, 0.29) is 23.4 Å². The number of aromatic nitrogens is 1. The van der Waals surface area contributed by atoms with Crippen LogP contribution in [0.4, 0.5) is 0 Å². The summed E-state index contributed by atoms with van der Waals surface area (Å²) in [5, 5.41) is 10.8. The SMILES string of the molecule is Cc1ccc2[nH]c(O)c(C=NC3CCS(=O)(=O)C3)c2c1. The van der Waals surface area contributed by atoms with Gasteiger partial charge in [0, 0.05) is 17.1 Å². The molecule has 3 rings (SSSR count). The first-order chi connectivity index (χ1) is 9.44. The van der Waals surface area contributed by atoms with Crippen LogP contribution < -0.4 is 0 Å². The molecule has 0 spiro atoms. The average molecular weight is 292 g/mol. The number of aromatic amines is 1. The number of nitrogens with one attached hydrogen (secondary N) is 1. The number of aromatic hydroxyl groups is 1. The highest BCUT2D eigenvalue weighted by atomic mass is 32.2. The van der Waals surface area contributed by atoms with Crippen molar-refractivity contribution >= 4 is 27.0 Å². The summed E-state index contributed by atoms with van der Waals surface area (Å²) >= 11 is 0. The Bertz CT molecular complexity index is 790. The van der Waals surface area contributed by atoms with Crippen molar-refractivity contribution in [1.82, 2.24) is 4.98 Å². The number of sulfone groups is 1. The smallest absolute Gasteiger partial charge is 0.198 e. The van der Waals surface area contributed by atoms with Gasteiger partial charge in [0.05, 0.1) is 23.1 Å². The van der Waals surface area contributed by atoms with Gasteiger partial charge in [0.1, 0.15) is 0 Å². The lowest BCUT2D eigenvalue weighted by Crippen LogP contribution is -2.07. The lowest BCUT2D eigenvalue weighted by atomic mass is 10.1. The number of aryl methyl sites for hydroxylation is 1. The van der Waals surface area contributed by atoms with Gasteiger partial charge in [-0.3, -0.25) is 4.99 Å². The van der Waals surface area contributed by atoms with Gasteiger partial charge >= 0.3 is 0 Å². The topological polar surface area (TPSA) is 82.5 Å². The molecule has 1 saturated heterocycles. The van der Waals surface area contributed by atoms with Crippen LogP contribution in [0.1, 0.15) is 17.5 Å². The first kappa shape index (κ1) is 13.2. The number of benzene rings is 1. The maximum Gasteiger partial charge on any atom is 0.198 e. The highest BCUT2D eigenvalue weighted by molar-refractivity contribution is 7.91. The van der Waals surface area contributed by atoms with E-state index < -0.39 is 9.84 Å². The Morgan fingerprint density at radius 1 is 1.45 bits per heavy atom. The molecule has 1 aromatic carbocycles. The Morgan fingerprint density at radius 2 is 2.25 bits per heavy atom. The lowest BCUT2D eigenvalue weighted by Gasteiger charge is -1.99. The number of hydrogen-bond acceptors (Lipinski definition) is 4. The van der Waals surface area contributed by atoms with Gasteiger partial charge < -0.3 is 10.1 Å². The Morgan fingerprint density at radius 3 is 2.95 bits per heavy atom. The fourth-order valence-electron chi connectivity index (χ4n) is 2.52. The summed E-state index contributed by atoms with van der Waals surface area (Å²) in [7, 11) is -2.93. The summed E-state index contributed by atoms with van der Waals surface area (Å²) in [6, 6.07) is 5.64. The molecule has 0 bridgehead atoms. The Labute approximate surface area is 117 Å². The second-order valence-electron chi connectivity index (χ2n) is 5.27. The van der Waals surface area contributed by atoms with Crippen LogP contribution in [0.25, 0.3) is 10.9 Å². The van der Waals surface area contributed by atoms with Gasteiger partial charge in [-0.2, -0.15) is 0 Å². The number of H-pyrrole nitrogens is 1. The summed E-state index contributed by atoms with van der Waals surface area (Å²) in [6.45, 7) is 1.98. The quantitative estimate of drug-likeness (QED) is 0.828. The summed E-state index contributed by atoms with van der Waals surface area (Å²) in [4.78, 5) is 7.21. The van der Waals surface area contributed by atoms with Crippen LogP contribution in [0.5, 0.6) is 5.88 Å². The standard InChI is InChI=1S/C14H16N2O3S/c1-9-2-3-13-11(6-9)12(14(17)16-13)7-15-10-4-5-20(18,19)8-10/h2-3,6-7,10,16-17H,4-5,8H2,1H3. The van der Waals surface area contributed by atoms with Crippen molar-refractivity contribution in [3.8, 4) is 5.88 Å². The molecule has 5 nitrogen and oxygen atoms in total. The Kier molecular flexibility index (Phi) is 3.05. The third-order valence-electron chi connectivity index (χ3n) is 3.60. The van der Waals surface area contributed by atoms with E-state index in [0.29, 0.717) is 12.0 Å². The first-order valence-electron chi connectivity index (χ1n) is 6.49. The molecule has 1 aliphatic rings. The Balaban J connectivity index is 1.95. The second-order valence-corrected chi connectivity index (χ2v) is 7.50. The van der Waals surface area contributed by atoms with Crippen LogP contribution in [-0.4, -0.2) is 42.3 Å². The van der Waals surface area contributed by atoms with Gasteiger partial charge in [-0.05, 0) is 25.5 Å². The first-order valence-corrected chi connectivity index (χ1v) is 8.32. The van der Waals surface area contributed by atoms with Gasteiger partial charge in [-0.15, -0.1) is 0 Å². The van der Waals surface area contributed by atoms with Crippen molar-refractivity contribution in [3.05, 3.63) is 29.3 Å². The van der Waals surface area contributed by atoms with Crippen LogP contribution in [0.3, 0.4) is 0 Å². The van der Waals surface area contributed by atoms with Gasteiger partial charge in [0.2, 0.25) is 0 Å².